The molecule has 6 aliphatic rings. The number of carboxylic acids is 1. The van der Waals surface area contributed by atoms with Crippen LogP contribution in [0.5, 0.6) is 0 Å². The molecule has 12 rings (SSSR count). The molecule has 3 aromatic carbocycles. The summed E-state index contributed by atoms with van der Waals surface area (Å²) < 4.78 is 8.46. The summed E-state index contributed by atoms with van der Waals surface area (Å²) in [6, 6.07) is 22.0. The third-order valence-electron chi connectivity index (χ3n) is 19.8. The summed E-state index contributed by atoms with van der Waals surface area (Å²) >= 11 is 1.41. The molecule has 4 bridgehead atoms. The molecule has 6 aromatic rings. The zero-order chi connectivity index (χ0) is 69.7. The second-order valence-corrected chi connectivity index (χ2v) is 29.4. The third-order valence-corrected chi connectivity index (χ3v) is 20.7. The Labute approximate surface area is 571 Å². The van der Waals surface area contributed by atoms with Crippen LogP contribution in [0, 0.1) is 35.0 Å². The van der Waals surface area contributed by atoms with Crippen LogP contribution in [0.1, 0.15) is 154 Å². The molecule has 4 fully saturated rings. The van der Waals surface area contributed by atoms with Gasteiger partial charge in [-0.25, -0.2) is 24.4 Å². The van der Waals surface area contributed by atoms with Crippen molar-refractivity contribution in [1.82, 2.24) is 45.9 Å². The van der Waals surface area contributed by atoms with Gasteiger partial charge >= 0.3 is 18.1 Å². The molecule has 4 atom stereocenters. The number of rotatable bonds is 29. The molecule has 5 heterocycles. The van der Waals surface area contributed by atoms with Crippen molar-refractivity contribution in [2.75, 3.05) is 41.7 Å². The minimum absolute atomic E-state index is 0.0915. The van der Waals surface area contributed by atoms with Gasteiger partial charge in [-0.1, -0.05) is 81.9 Å². The van der Waals surface area contributed by atoms with E-state index < -0.39 is 41.5 Å². The number of nitrogens with one attached hydrogen (secondary N) is 6. The Balaban J connectivity index is 0.665. The molecule has 4 aliphatic carbocycles. The zero-order valence-electron chi connectivity index (χ0n) is 55.9. The molecule has 0 spiro atoms. The number of aromatic nitrogens is 4. The zero-order valence-corrected chi connectivity index (χ0v) is 56.7. The van der Waals surface area contributed by atoms with Gasteiger partial charge in [0.25, 0.3) is 17.7 Å². The molecule has 0 radical (unpaired) electrons. The van der Waals surface area contributed by atoms with E-state index in [0.717, 1.165) is 64.0 Å². The molecule has 26 heteroatoms. The van der Waals surface area contributed by atoms with Crippen molar-refractivity contribution >= 4 is 97.5 Å². The average Bonchev–Trinajstić information content (AvgIpc) is 0.744. The number of benzene rings is 3. The van der Waals surface area contributed by atoms with Gasteiger partial charge in [-0.3, -0.25) is 48.5 Å². The first-order chi connectivity index (χ1) is 46.8. The van der Waals surface area contributed by atoms with E-state index in [1.807, 2.05) is 59.0 Å². The first-order valence-corrected chi connectivity index (χ1v) is 34.4. The Kier molecular flexibility index (Phi) is 20.6. The maximum atomic E-state index is 13.9. The summed E-state index contributed by atoms with van der Waals surface area (Å²) in [5.41, 5.74) is 10.3. The van der Waals surface area contributed by atoms with Gasteiger partial charge in [0.2, 0.25) is 17.7 Å². The van der Waals surface area contributed by atoms with E-state index in [2.05, 4.69) is 50.7 Å². The Morgan fingerprint density at radius 2 is 1.53 bits per heavy atom. The van der Waals surface area contributed by atoms with E-state index in [1.54, 1.807) is 56.4 Å². The smallest absolute Gasteiger partial charge is 0.407 e. The predicted molar refractivity (Wildman–Crippen MR) is 367 cm³/mol. The molecule has 2 aliphatic heterocycles. The number of hydrogen-bond acceptors (Lipinski definition) is 16. The highest BCUT2D eigenvalue weighted by atomic mass is 32.1. The molecule has 98 heavy (non-hydrogen) atoms. The number of hydrogen-bond donors (Lipinski definition) is 8. The SMILES string of the molecule is Cc1c(-c2ccc(N3CCc4cccc(C(=O)Nc5nc6ccccc6s5)c4C3)nc2C(=O)O)cnn1CC12CC3(C)CC(C)(C1)CC(NC(=O)CNC(=O)OCc1ccc(NC(=O)[C@H](CCCNC(N)=O)CC(=O)[C@@H](NC(=O)CCCCCN4C(=O)C=CC4=O)C(C)C)cc1)(C3)C2. The number of ketones is 1. The van der Waals surface area contributed by atoms with Gasteiger partial charge in [0.05, 0.1) is 22.5 Å². The van der Waals surface area contributed by atoms with Gasteiger partial charge in [-0.2, -0.15) is 5.10 Å². The first-order valence-electron chi connectivity index (χ1n) is 33.6. The molecule has 0 saturated heterocycles. The number of carbonyl (C=O) groups excluding carboxylic acids is 9. The number of para-hydroxylation sites is 1. The van der Waals surface area contributed by atoms with Crippen molar-refractivity contribution in [3.05, 3.63) is 131 Å². The van der Waals surface area contributed by atoms with Crippen LogP contribution in [-0.2, 0) is 59.6 Å². The van der Waals surface area contributed by atoms with Gasteiger partial charge in [-0.15, -0.1) is 0 Å². The largest absolute Gasteiger partial charge is 0.476 e. The molecule has 3 aromatic heterocycles. The lowest BCUT2D eigenvalue weighted by Crippen LogP contribution is -2.69. The second-order valence-electron chi connectivity index (χ2n) is 28.4. The number of thiazole rings is 1. The van der Waals surface area contributed by atoms with Crippen molar-refractivity contribution in [3.8, 4) is 11.1 Å². The highest BCUT2D eigenvalue weighted by Gasteiger charge is 2.66. The lowest BCUT2D eigenvalue weighted by atomic mass is 9.38. The monoisotopic (exact) mass is 1360 g/mol. The van der Waals surface area contributed by atoms with Crippen LogP contribution in [-0.4, -0.2) is 127 Å². The molecule has 516 valence electrons. The number of urea groups is 1. The maximum Gasteiger partial charge on any atom is 0.407 e. The van der Waals surface area contributed by atoms with E-state index in [0.29, 0.717) is 97.0 Å². The number of pyridine rings is 1. The number of unbranched alkanes of at least 4 members (excludes halogenated alkanes) is 2. The normalized spacial score (nSPS) is 21.2. The predicted octanol–water partition coefficient (Wildman–Crippen LogP) is 9.13. The number of carboxylic acid groups (broad SMARTS) is 1. The topological polar surface area (TPSA) is 348 Å². The molecule has 9 amide bonds. The van der Waals surface area contributed by atoms with Crippen molar-refractivity contribution in [2.45, 2.75) is 156 Å². The van der Waals surface area contributed by atoms with Crippen LogP contribution in [0.2, 0.25) is 0 Å². The number of fused-ring (bicyclic) bond motifs is 2. The number of nitrogens with two attached hydrogens (primary N) is 1. The van der Waals surface area contributed by atoms with Crippen LogP contribution in [0.3, 0.4) is 0 Å². The quantitative estimate of drug-likeness (QED) is 0.0160. The number of ether oxygens (including phenoxy) is 1. The third kappa shape index (κ3) is 16.2. The molecule has 2 unspecified atom stereocenters. The van der Waals surface area contributed by atoms with Gasteiger partial charge in [0.1, 0.15) is 19.0 Å². The van der Waals surface area contributed by atoms with Crippen LogP contribution < -0.4 is 42.5 Å². The lowest BCUT2D eigenvalue weighted by Gasteiger charge is -2.69. The highest BCUT2D eigenvalue weighted by molar-refractivity contribution is 7.22. The molecule has 25 nitrogen and oxygen atoms in total. The van der Waals surface area contributed by atoms with E-state index in [9.17, 15) is 53.1 Å². The number of aromatic carboxylic acids is 1. The second kappa shape index (κ2) is 29.1. The Morgan fingerprint density at radius 3 is 2.24 bits per heavy atom. The fourth-order valence-electron chi connectivity index (χ4n) is 16.6. The van der Waals surface area contributed by atoms with E-state index >= 15 is 0 Å². The van der Waals surface area contributed by atoms with E-state index in [4.69, 9.17) is 20.6 Å². The molecular weight excluding hydrogens is 1270 g/mol. The standard InChI is InChI=1S/C72H85N13O12S/c1-43(2)61(80-57(87)18-7-6-10-29-84-59(89)25-26-60(84)90)54(86)31-47(14-12-28-74-66(73)95)63(91)77-48-21-19-45(20-22-48)35-97-68(96)75-33-58(88)82-72-39-69(4)36-70(5,40-72)38-71(37-69,41-72)42-85-44(3)51(32-76-85)49-23-24-56(79-62(49)65(93)94)83-30-27-46-13-11-15-50(52(46)34-83)64(92)81-67-78-53-16-8-9-17-55(53)98-67/h8-9,11,13,15-17,19-26,32,43,47,61H,6-7,10,12,14,18,27-31,33-42H2,1-5H3,(H,75,96)(H,77,91)(H,80,87)(H,82,88)(H,93,94)(H3,73,74,95)(H,78,81,92)/t47-,61+,69?,70?,71?,72?/m1/s1. The number of nitrogens with zero attached hydrogens (tertiary/aromatic N) is 6. The van der Waals surface area contributed by atoms with Gasteiger partial charge < -0.3 is 47.1 Å². The summed E-state index contributed by atoms with van der Waals surface area (Å²) in [6.45, 7) is 11.6. The summed E-state index contributed by atoms with van der Waals surface area (Å²) in [5.74, 6) is -4.29. The minimum atomic E-state index is -1.18. The summed E-state index contributed by atoms with van der Waals surface area (Å²) in [7, 11) is 0. The van der Waals surface area contributed by atoms with Crippen LogP contribution >= 0.6 is 11.3 Å². The van der Waals surface area contributed by atoms with Crippen molar-refractivity contribution < 1.29 is 57.8 Å². The first kappa shape index (κ1) is 69.5. The Morgan fingerprint density at radius 1 is 0.786 bits per heavy atom. The van der Waals surface area contributed by atoms with Crippen molar-refractivity contribution in [2.24, 2.45) is 33.8 Å². The van der Waals surface area contributed by atoms with Gasteiger partial charge in [0, 0.05) is 97.2 Å². The molecule has 4 saturated carbocycles. The Bertz CT molecular complexity index is 4070. The van der Waals surface area contributed by atoms with Gasteiger partial charge in [-0.05, 0) is 159 Å². The number of imide groups is 1. The summed E-state index contributed by atoms with van der Waals surface area (Å²) in [6.07, 6.45) is 11.1. The van der Waals surface area contributed by atoms with Crippen LogP contribution in [0.15, 0.2) is 97.2 Å². The van der Waals surface area contributed by atoms with Crippen molar-refractivity contribution in [1.29, 1.82) is 0 Å². The van der Waals surface area contributed by atoms with Crippen molar-refractivity contribution in [3.63, 3.8) is 0 Å². The average molecular weight is 1360 g/mol. The summed E-state index contributed by atoms with van der Waals surface area (Å²) in [4.78, 5) is 142. The number of primary amides is 1. The van der Waals surface area contributed by atoms with Gasteiger partial charge in [0.15, 0.2) is 16.6 Å². The van der Waals surface area contributed by atoms with E-state index in [1.165, 1.54) is 23.5 Å². The minimum Gasteiger partial charge on any atom is -0.476 e. The molecular formula is C72H85N13O12S. The van der Waals surface area contributed by atoms with E-state index in [-0.39, 0.29) is 109 Å². The number of alkyl carbamates (subject to hydrolysis) is 1. The number of amides is 9. The Hall–Kier alpha value is -9.85. The number of Topliss-reactive ketones (excluding diaryl/α,β-unsaturated/α-hetero) is 1. The number of carbonyl (C=O) groups is 10. The molecule has 9 N–H and O–H groups in total. The number of anilines is 3. The fourth-order valence-corrected chi connectivity index (χ4v) is 17.5. The van der Waals surface area contributed by atoms with Crippen LogP contribution in [0.4, 0.5) is 26.2 Å². The fraction of sp³-hybridized carbons (Fsp3) is 0.458. The maximum absolute atomic E-state index is 13.9. The summed E-state index contributed by atoms with van der Waals surface area (Å²) in [5, 5.41) is 33.3. The lowest BCUT2D eigenvalue weighted by molar-refractivity contribution is -0.174. The van der Waals surface area contributed by atoms with Crippen LogP contribution in [0.25, 0.3) is 21.3 Å². The highest BCUT2D eigenvalue weighted by Crippen LogP contribution is 2.71.